The SMILES string of the molecule is Cc1c(CCOC=O)[nH]c2c(F)cccc12. The van der Waals surface area contributed by atoms with Gasteiger partial charge in [-0.3, -0.25) is 4.79 Å². The average molecular weight is 221 g/mol. The van der Waals surface area contributed by atoms with Crippen LogP contribution < -0.4 is 0 Å². The molecule has 0 unspecified atom stereocenters. The van der Waals surface area contributed by atoms with Crippen LogP contribution in [0.1, 0.15) is 11.3 Å². The van der Waals surface area contributed by atoms with Gasteiger partial charge in [0.05, 0.1) is 12.1 Å². The molecule has 0 atom stereocenters. The Morgan fingerprint density at radius 2 is 2.31 bits per heavy atom. The summed E-state index contributed by atoms with van der Waals surface area (Å²) >= 11 is 0. The van der Waals surface area contributed by atoms with Crippen molar-refractivity contribution in [2.24, 2.45) is 0 Å². The van der Waals surface area contributed by atoms with Gasteiger partial charge in [0.25, 0.3) is 6.47 Å². The summed E-state index contributed by atoms with van der Waals surface area (Å²) in [4.78, 5) is 13.0. The van der Waals surface area contributed by atoms with Crippen molar-refractivity contribution in [1.82, 2.24) is 4.98 Å². The van der Waals surface area contributed by atoms with Crippen LogP contribution in [0.2, 0.25) is 0 Å². The van der Waals surface area contributed by atoms with Gasteiger partial charge in [-0.1, -0.05) is 12.1 Å². The summed E-state index contributed by atoms with van der Waals surface area (Å²) in [5, 5.41) is 0.876. The maximum Gasteiger partial charge on any atom is 0.293 e. The molecule has 84 valence electrons. The third-order valence-electron chi connectivity index (χ3n) is 2.68. The first-order valence-corrected chi connectivity index (χ1v) is 5.05. The quantitative estimate of drug-likeness (QED) is 0.636. The van der Waals surface area contributed by atoms with Crippen LogP contribution in [0.3, 0.4) is 0 Å². The number of ether oxygens (including phenoxy) is 1. The average Bonchev–Trinajstić information content (AvgIpc) is 2.59. The van der Waals surface area contributed by atoms with Crippen molar-refractivity contribution in [3.05, 3.63) is 35.3 Å². The van der Waals surface area contributed by atoms with Gasteiger partial charge in [-0.05, 0) is 18.6 Å². The highest BCUT2D eigenvalue weighted by molar-refractivity contribution is 5.84. The predicted octanol–water partition coefficient (Wildman–Crippen LogP) is 2.33. The van der Waals surface area contributed by atoms with Crippen molar-refractivity contribution in [2.75, 3.05) is 6.61 Å². The molecule has 0 spiro atoms. The second-order valence-corrected chi connectivity index (χ2v) is 3.61. The first kappa shape index (κ1) is 10.7. The van der Waals surface area contributed by atoms with Gasteiger partial charge in [0, 0.05) is 17.5 Å². The molecule has 0 saturated heterocycles. The molecule has 16 heavy (non-hydrogen) atoms. The van der Waals surface area contributed by atoms with Crippen molar-refractivity contribution in [1.29, 1.82) is 0 Å². The van der Waals surface area contributed by atoms with Crippen LogP contribution in [-0.2, 0) is 16.0 Å². The molecule has 2 aromatic rings. The number of hydrogen-bond acceptors (Lipinski definition) is 2. The molecule has 4 heteroatoms. The molecular weight excluding hydrogens is 209 g/mol. The summed E-state index contributed by atoms with van der Waals surface area (Å²) in [6, 6.07) is 4.97. The minimum Gasteiger partial charge on any atom is -0.467 e. The van der Waals surface area contributed by atoms with E-state index in [4.69, 9.17) is 0 Å². The number of carbonyl (C=O) groups is 1. The van der Waals surface area contributed by atoms with Crippen molar-refractivity contribution >= 4 is 17.4 Å². The summed E-state index contributed by atoms with van der Waals surface area (Å²) in [6.45, 7) is 2.64. The van der Waals surface area contributed by atoms with Crippen LogP contribution >= 0.6 is 0 Å². The highest BCUT2D eigenvalue weighted by Crippen LogP contribution is 2.23. The molecule has 0 aliphatic heterocycles. The maximum absolute atomic E-state index is 13.4. The first-order valence-electron chi connectivity index (χ1n) is 5.05. The van der Waals surface area contributed by atoms with Crippen LogP contribution in [0.5, 0.6) is 0 Å². The van der Waals surface area contributed by atoms with Gasteiger partial charge in [0.15, 0.2) is 0 Å². The van der Waals surface area contributed by atoms with E-state index in [9.17, 15) is 9.18 Å². The highest BCUT2D eigenvalue weighted by Gasteiger charge is 2.09. The number of rotatable bonds is 4. The van der Waals surface area contributed by atoms with Crippen molar-refractivity contribution in [3.8, 4) is 0 Å². The second-order valence-electron chi connectivity index (χ2n) is 3.61. The molecule has 0 aliphatic rings. The van der Waals surface area contributed by atoms with Crippen molar-refractivity contribution < 1.29 is 13.9 Å². The Kier molecular flexibility index (Phi) is 2.90. The third kappa shape index (κ3) is 1.78. The number of halogens is 1. The molecule has 0 saturated carbocycles. The number of nitrogens with one attached hydrogen (secondary N) is 1. The van der Waals surface area contributed by atoms with Crippen LogP contribution in [0.4, 0.5) is 4.39 Å². The van der Waals surface area contributed by atoms with Crippen molar-refractivity contribution in [3.63, 3.8) is 0 Å². The number of hydrogen-bond donors (Lipinski definition) is 1. The van der Waals surface area contributed by atoms with E-state index in [1.165, 1.54) is 6.07 Å². The monoisotopic (exact) mass is 221 g/mol. The van der Waals surface area contributed by atoms with Crippen LogP contribution in [0, 0.1) is 12.7 Å². The van der Waals surface area contributed by atoms with Gasteiger partial charge in [-0.25, -0.2) is 4.39 Å². The molecule has 0 fully saturated rings. The van der Waals surface area contributed by atoms with Crippen LogP contribution in [0.25, 0.3) is 10.9 Å². The first-order chi connectivity index (χ1) is 7.74. The summed E-state index contributed by atoms with van der Waals surface area (Å²) in [6.07, 6.45) is 0.568. The zero-order valence-corrected chi connectivity index (χ0v) is 8.92. The van der Waals surface area contributed by atoms with Gasteiger partial charge < -0.3 is 9.72 Å². The molecule has 3 nitrogen and oxygen atoms in total. The Labute approximate surface area is 92.2 Å². The molecule has 0 aliphatic carbocycles. The zero-order chi connectivity index (χ0) is 11.5. The van der Waals surface area contributed by atoms with Crippen LogP contribution in [-0.4, -0.2) is 18.1 Å². The molecule has 1 aromatic carbocycles. The van der Waals surface area contributed by atoms with Gasteiger partial charge in [-0.2, -0.15) is 0 Å². The summed E-state index contributed by atoms with van der Waals surface area (Å²) in [7, 11) is 0. The fraction of sp³-hybridized carbons (Fsp3) is 0.250. The van der Waals surface area contributed by atoms with E-state index in [1.54, 1.807) is 6.07 Å². The van der Waals surface area contributed by atoms with E-state index in [2.05, 4.69) is 9.72 Å². The van der Waals surface area contributed by atoms with E-state index in [0.717, 1.165) is 16.6 Å². The molecule has 1 N–H and O–H groups in total. The standard InChI is InChI=1S/C12H12FNO2/c1-8-9-3-2-4-10(13)12(9)14-11(8)5-6-16-7-15/h2-4,7,14H,5-6H2,1H3. The molecule has 1 heterocycles. The Hall–Kier alpha value is -1.84. The number of carbonyl (C=O) groups excluding carboxylic acids is 1. The van der Waals surface area contributed by atoms with Crippen molar-refractivity contribution in [2.45, 2.75) is 13.3 Å². The van der Waals surface area contributed by atoms with Crippen LogP contribution in [0.15, 0.2) is 18.2 Å². The molecule has 0 radical (unpaired) electrons. The number of fused-ring (bicyclic) bond motifs is 1. The lowest BCUT2D eigenvalue weighted by Crippen LogP contribution is -1.98. The lowest BCUT2D eigenvalue weighted by Gasteiger charge is -1.98. The highest BCUT2D eigenvalue weighted by atomic mass is 19.1. The zero-order valence-electron chi connectivity index (χ0n) is 8.92. The fourth-order valence-corrected chi connectivity index (χ4v) is 1.83. The Morgan fingerprint density at radius 3 is 3.00 bits per heavy atom. The number of aromatic amines is 1. The Balaban J connectivity index is 2.36. The molecular formula is C12H12FNO2. The fourth-order valence-electron chi connectivity index (χ4n) is 1.83. The van der Waals surface area contributed by atoms with Gasteiger partial charge in [-0.15, -0.1) is 0 Å². The topological polar surface area (TPSA) is 42.1 Å². The Morgan fingerprint density at radius 1 is 1.50 bits per heavy atom. The third-order valence-corrected chi connectivity index (χ3v) is 2.68. The minimum atomic E-state index is -0.261. The minimum absolute atomic E-state index is 0.261. The lowest BCUT2D eigenvalue weighted by molar-refractivity contribution is -0.128. The number of aryl methyl sites for hydroxylation is 1. The predicted molar refractivity (Wildman–Crippen MR) is 58.7 cm³/mol. The normalized spacial score (nSPS) is 10.6. The summed E-state index contributed by atoms with van der Waals surface area (Å²) in [5.74, 6) is -0.261. The van der Waals surface area contributed by atoms with E-state index in [1.807, 2.05) is 13.0 Å². The number of para-hydroxylation sites is 1. The Bertz CT molecular complexity index is 519. The molecule has 1 aromatic heterocycles. The van der Waals surface area contributed by atoms with E-state index < -0.39 is 0 Å². The number of aromatic nitrogens is 1. The summed E-state index contributed by atoms with van der Waals surface area (Å²) < 4.78 is 18.1. The summed E-state index contributed by atoms with van der Waals surface area (Å²) in [5.41, 5.74) is 2.42. The maximum atomic E-state index is 13.4. The van der Waals surface area contributed by atoms with E-state index >= 15 is 0 Å². The largest absolute Gasteiger partial charge is 0.467 e. The van der Waals surface area contributed by atoms with Gasteiger partial charge in [0.1, 0.15) is 5.82 Å². The second kappa shape index (κ2) is 4.35. The number of benzene rings is 1. The van der Waals surface area contributed by atoms with Gasteiger partial charge >= 0.3 is 0 Å². The van der Waals surface area contributed by atoms with E-state index in [-0.39, 0.29) is 5.82 Å². The lowest BCUT2D eigenvalue weighted by atomic mass is 10.1. The van der Waals surface area contributed by atoms with E-state index in [0.29, 0.717) is 25.0 Å². The number of H-pyrrole nitrogens is 1. The van der Waals surface area contributed by atoms with Gasteiger partial charge in [0.2, 0.25) is 0 Å². The smallest absolute Gasteiger partial charge is 0.293 e. The molecule has 0 bridgehead atoms. The molecule has 0 amide bonds. The molecule has 2 rings (SSSR count).